The molecule has 110 valence electrons. The Labute approximate surface area is 124 Å². The lowest BCUT2D eigenvalue weighted by molar-refractivity contribution is 0.404. The minimum absolute atomic E-state index is 0.124. The van der Waals surface area contributed by atoms with Gasteiger partial charge in [-0.1, -0.05) is 36.4 Å². The summed E-state index contributed by atoms with van der Waals surface area (Å²) in [5.74, 6) is -0.417. The van der Waals surface area contributed by atoms with Crippen LogP contribution in [0.1, 0.15) is 43.0 Å². The lowest BCUT2D eigenvalue weighted by Gasteiger charge is -2.24. The van der Waals surface area contributed by atoms with E-state index in [1.807, 2.05) is 25.1 Å². The maximum atomic E-state index is 13.9. The van der Waals surface area contributed by atoms with E-state index in [0.29, 0.717) is 5.92 Å². The van der Waals surface area contributed by atoms with Crippen molar-refractivity contribution in [3.63, 3.8) is 0 Å². The van der Waals surface area contributed by atoms with Gasteiger partial charge in [0.05, 0.1) is 0 Å². The van der Waals surface area contributed by atoms with E-state index < -0.39 is 11.6 Å². The third-order valence-electron chi connectivity index (χ3n) is 4.11. The summed E-state index contributed by atoms with van der Waals surface area (Å²) in [4.78, 5) is 0. The van der Waals surface area contributed by atoms with Crippen LogP contribution in [0.5, 0.6) is 0 Å². The zero-order valence-corrected chi connectivity index (χ0v) is 12.0. The summed E-state index contributed by atoms with van der Waals surface area (Å²) in [6.07, 6.45) is 2.33. The highest BCUT2D eigenvalue weighted by atomic mass is 19.1. The molecular weight excluding hydrogens is 268 g/mol. The summed E-state index contributed by atoms with van der Waals surface area (Å²) < 4.78 is 27.8. The molecule has 2 aromatic carbocycles. The van der Waals surface area contributed by atoms with Crippen molar-refractivity contribution < 1.29 is 8.78 Å². The van der Waals surface area contributed by atoms with Gasteiger partial charge in [-0.05, 0) is 43.4 Å². The van der Waals surface area contributed by atoms with Crippen LogP contribution in [-0.4, -0.2) is 0 Å². The van der Waals surface area contributed by atoms with E-state index in [0.717, 1.165) is 0 Å². The van der Waals surface area contributed by atoms with E-state index in [1.165, 1.54) is 36.6 Å². The standard InChI is InChI=1S/C18H19F2N/c1-12(17-15(19)8-5-9-16(17)20)21-18(14-10-11-14)13-6-3-2-4-7-13/h2-9,12,14,18,21H,10-11H2,1H3. The second-order valence-electron chi connectivity index (χ2n) is 5.75. The highest BCUT2D eigenvalue weighted by molar-refractivity contribution is 5.25. The molecule has 3 rings (SSSR count). The molecule has 1 N–H and O–H groups in total. The first-order chi connectivity index (χ1) is 10.2. The molecule has 0 aliphatic heterocycles. The van der Waals surface area contributed by atoms with Gasteiger partial charge < -0.3 is 5.32 Å². The molecule has 3 heteroatoms. The van der Waals surface area contributed by atoms with E-state index in [9.17, 15) is 8.78 Å². The molecule has 0 radical (unpaired) electrons. The Bertz CT molecular complexity index is 588. The highest BCUT2D eigenvalue weighted by Gasteiger charge is 2.33. The minimum atomic E-state index is -0.488. The third kappa shape index (κ3) is 3.13. The Morgan fingerprint density at radius 2 is 1.57 bits per heavy atom. The van der Waals surface area contributed by atoms with Crippen LogP contribution in [0.15, 0.2) is 48.5 Å². The second-order valence-corrected chi connectivity index (χ2v) is 5.75. The SMILES string of the molecule is CC(NC(c1ccccc1)C1CC1)c1c(F)cccc1F. The molecule has 0 aromatic heterocycles. The largest absolute Gasteiger partial charge is 0.303 e. The quantitative estimate of drug-likeness (QED) is 0.835. The fourth-order valence-corrected chi connectivity index (χ4v) is 2.87. The predicted octanol–water partition coefficient (Wildman–Crippen LogP) is 4.77. The molecule has 2 unspecified atom stereocenters. The molecule has 0 heterocycles. The van der Waals surface area contributed by atoms with Crippen LogP contribution in [-0.2, 0) is 0 Å². The van der Waals surface area contributed by atoms with Crippen molar-refractivity contribution in [3.05, 3.63) is 71.3 Å². The maximum Gasteiger partial charge on any atom is 0.130 e. The molecule has 1 aliphatic rings. The Balaban J connectivity index is 1.83. The van der Waals surface area contributed by atoms with Gasteiger partial charge in [-0.25, -0.2) is 8.78 Å². The molecule has 2 aromatic rings. The Morgan fingerprint density at radius 3 is 2.14 bits per heavy atom. The molecule has 21 heavy (non-hydrogen) atoms. The van der Waals surface area contributed by atoms with Crippen molar-refractivity contribution in [2.24, 2.45) is 5.92 Å². The van der Waals surface area contributed by atoms with Crippen molar-refractivity contribution >= 4 is 0 Å². The van der Waals surface area contributed by atoms with Crippen LogP contribution >= 0.6 is 0 Å². The van der Waals surface area contributed by atoms with Gasteiger partial charge in [0.25, 0.3) is 0 Å². The fourth-order valence-electron chi connectivity index (χ4n) is 2.87. The van der Waals surface area contributed by atoms with Crippen LogP contribution in [0, 0.1) is 17.6 Å². The fraction of sp³-hybridized carbons (Fsp3) is 0.333. The summed E-state index contributed by atoms with van der Waals surface area (Å²) in [7, 11) is 0. The number of hydrogen-bond donors (Lipinski definition) is 1. The Kier molecular flexibility index (Phi) is 4.02. The van der Waals surface area contributed by atoms with Crippen molar-refractivity contribution in [2.75, 3.05) is 0 Å². The number of nitrogens with one attached hydrogen (secondary N) is 1. The summed E-state index contributed by atoms with van der Waals surface area (Å²) in [5.41, 5.74) is 1.31. The maximum absolute atomic E-state index is 13.9. The number of hydrogen-bond acceptors (Lipinski definition) is 1. The second kappa shape index (κ2) is 5.94. The summed E-state index contributed by atoms with van der Waals surface area (Å²) in [6, 6.07) is 13.9. The molecule has 0 spiro atoms. The number of benzene rings is 2. The highest BCUT2D eigenvalue weighted by Crippen LogP contribution is 2.42. The van der Waals surface area contributed by atoms with Crippen LogP contribution in [0.3, 0.4) is 0 Å². The molecule has 0 bridgehead atoms. The zero-order valence-electron chi connectivity index (χ0n) is 12.0. The van der Waals surface area contributed by atoms with Crippen LogP contribution in [0.25, 0.3) is 0 Å². The zero-order chi connectivity index (χ0) is 14.8. The summed E-state index contributed by atoms with van der Waals surface area (Å²) in [6.45, 7) is 1.82. The third-order valence-corrected chi connectivity index (χ3v) is 4.11. The first-order valence-electron chi connectivity index (χ1n) is 7.41. The van der Waals surface area contributed by atoms with Gasteiger partial charge in [-0.3, -0.25) is 0 Å². The minimum Gasteiger partial charge on any atom is -0.303 e. The lowest BCUT2D eigenvalue weighted by atomic mass is 9.99. The van der Waals surface area contributed by atoms with Gasteiger partial charge in [0.1, 0.15) is 11.6 Å². The molecule has 1 nitrogen and oxygen atoms in total. The van der Waals surface area contributed by atoms with Gasteiger partial charge in [0.2, 0.25) is 0 Å². The van der Waals surface area contributed by atoms with Crippen molar-refractivity contribution in [2.45, 2.75) is 31.8 Å². The molecule has 1 saturated carbocycles. The smallest absolute Gasteiger partial charge is 0.130 e. The van der Waals surface area contributed by atoms with E-state index in [4.69, 9.17) is 0 Å². The molecule has 1 aliphatic carbocycles. The first kappa shape index (κ1) is 14.2. The molecule has 0 amide bonds. The van der Waals surface area contributed by atoms with Gasteiger partial charge in [-0.2, -0.15) is 0 Å². The Morgan fingerprint density at radius 1 is 0.952 bits per heavy atom. The predicted molar refractivity (Wildman–Crippen MR) is 79.8 cm³/mol. The van der Waals surface area contributed by atoms with Crippen LogP contribution < -0.4 is 5.32 Å². The van der Waals surface area contributed by atoms with Gasteiger partial charge in [0, 0.05) is 17.6 Å². The molecule has 1 fully saturated rings. The van der Waals surface area contributed by atoms with Crippen LogP contribution in [0.4, 0.5) is 8.78 Å². The molecular formula is C18H19F2N. The van der Waals surface area contributed by atoms with Crippen molar-refractivity contribution in [1.29, 1.82) is 0 Å². The van der Waals surface area contributed by atoms with Crippen molar-refractivity contribution in [3.8, 4) is 0 Å². The van der Waals surface area contributed by atoms with E-state index >= 15 is 0 Å². The monoisotopic (exact) mass is 287 g/mol. The Hall–Kier alpha value is -1.74. The van der Waals surface area contributed by atoms with Crippen LogP contribution in [0.2, 0.25) is 0 Å². The topological polar surface area (TPSA) is 12.0 Å². The van der Waals surface area contributed by atoms with Gasteiger partial charge in [-0.15, -0.1) is 0 Å². The van der Waals surface area contributed by atoms with Gasteiger partial charge >= 0.3 is 0 Å². The molecule has 0 saturated heterocycles. The first-order valence-corrected chi connectivity index (χ1v) is 7.41. The van der Waals surface area contributed by atoms with E-state index in [1.54, 1.807) is 0 Å². The summed E-state index contributed by atoms with van der Waals surface area (Å²) >= 11 is 0. The number of halogens is 2. The van der Waals surface area contributed by atoms with E-state index in [-0.39, 0.29) is 17.6 Å². The molecule has 2 atom stereocenters. The average Bonchev–Trinajstić information content (AvgIpc) is 3.30. The van der Waals surface area contributed by atoms with Crippen molar-refractivity contribution in [1.82, 2.24) is 5.32 Å². The number of rotatable bonds is 5. The summed E-state index contributed by atoms with van der Waals surface area (Å²) in [5, 5.41) is 3.41. The average molecular weight is 287 g/mol. The van der Waals surface area contributed by atoms with E-state index in [2.05, 4.69) is 17.4 Å². The normalized spacial score (nSPS) is 17.5. The lowest BCUT2D eigenvalue weighted by Crippen LogP contribution is -2.27. The van der Waals surface area contributed by atoms with Gasteiger partial charge in [0.15, 0.2) is 0 Å².